The molecule has 0 radical (unpaired) electrons. The molecule has 6 heteroatoms. The van der Waals surface area contributed by atoms with Crippen LogP contribution >= 0.6 is 0 Å². The molecule has 0 saturated heterocycles. The highest BCUT2D eigenvalue weighted by atomic mass is 32.2. The van der Waals surface area contributed by atoms with Crippen molar-refractivity contribution >= 4 is 27.3 Å². The van der Waals surface area contributed by atoms with Crippen LogP contribution in [0.5, 0.6) is 0 Å². The third-order valence-corrected chi connectivity index (χ3v) is 5.81. The van der Waals surface area contributed by atoms with Gasteiger partial charge in [-0.2, -0.15) is 0 Å². The Kier molecular flexibility index (Phi) is 5.32. The third-order valence-electron chi connectivity index (χ3n) is 4.63. The number of rotatable bonds is 6. The number of nitrogens with zero attached hydrogens (tertiary/aromatic N) is 1. The van der Waals surface area contributed by atoms with Gasteiger partial charge in [-0.25, -0.2) is 8.42 Å². The monoisotopic (exact) mass is 372 g/mol. The second-order valence-electron chi connectivity index (χ2n) is 6.68. The van der Waals surface area contributed by atoms with Crippen molar-refractivity contribution in [1.29, 1.82) is 0 Å². The quantitative estimate of drug-likeness (QED) is 0.842. The predicted molar refractivity (Wildman–Crippen MR) is 105 cm³/mol. The van der Waals surface area contributed by atoms with E-state index in [1.54, 1.807) is 18.2 Å². The van der Waals surface area contributed by atoms with Crippen LogP contribution in [0.2, 0.25) is 0 Å². The first-order chi connectivity index (χ1) is 12.4. The Balaban J connectivity index is 1.71. The molecule has 1 N–H and O–H groups in total. The predicted octanol–water partition coefficient (Wildman–Crippen LogP) is 3.60. The van der Waals surface area contributed by atoms with Crippen LogP contribution in [0.15, 0.2) is 42.5 Å². The number of carbonyl (C=O) groups excluding carboxylic acids is 1. The molecule has 0 fully saturated rings. The minimum absolute atomic E-state index is 0.188. The Bertz CT molecular complexity index is 905. The lowest BCUT2D eigenvalue weighted by Crippen LogP contribution is -2.27. The zero-order valence-electron chi connectivity index (χ0n) is 15.2. The molecular weight excluding hydrogens is 348 g/mol. The van der Waals surface area contributed by atoms with Crippen LogP contribution in [0.25, 0.3) is 0 Å². The number of hydrogen-bond donors (Lipinski definition) is 1. The van der Waals surface area contributed by atoms with E-state index in [-0.39, 0.29) is 5.91 Å². The summed E-state index contributed by atoms with van der Waals surface area (Å²) in [6.45, 7) is 2.60. The van der Waals surface area contributed by atoms with E-state index < -0.39 is 10.0 Å². The minimum Gasteiger partial charge on any atom is -0.322 e. The fourth-order valence-electron chi connectivity index (χ4n) is 3.20. The first-order valence-corrected chi connectivity index (χ1v) is 10.7. The van der Waals surface area contributed by atoms with Crippen molar-refractivity contribution in [2.24, 2.45) is 0 Å². The Morgan fingerprint density at radius 2 is 1.88 bits per heavy atom. The highest BCUT2D eigenvalue weighted by molar-refractivity contribution is 7.92. The van der Waals surface area contributed by atoms with E-state index in [9.17, 15) is 13.2 Å². The summed E-state index contributed by atoms with van der Waals surface area (Å²) in [5.74, 6) is -0.188. The lowest BCUT2D eigenvalue weighted by atomic mass is 10.1. The van der Waals surface area contributed by atoms with Gasteiger partial charge in [0.05, 0.1) is 11.9 Å². The smallest absolute Gasteiger partial charge is 0.255 e. The zero-order chi connectivity index (χ0) is 18.7. The number of nitrogens with one attached hydrogen (secondary N) is 1. The molecule has 0 spiro atoms. The Labute approximate surface area is 155 Å². The van der Waals surface area contributed by atoms with Crippen LogP contribution in [-0.4, -0.2) is 27.1 Å². The number of carbonyl (C=O) groups is 1. The highest BCUT2D eigenvalue weighted by Gasteiger charge is 2.26. The molecule has 0 bridgehead atoms. The molecule has 1 aliphatic rings. The number of unbranched alkanes of at least 4 members (excludes halogenated alkanes) is 1. The van der Waals surface area contributed by atoms with Crippen LogP contribution < -0.4 is 9.62 Å². The summed E-state index contributed by atoms with van der Waals surface area (Å²) in [5, 5.41) is 2.90. The molecule has 0 atom stereocenters. The second-order valence-corrected chi connectivity index (χ2v) is 8.59. The first-order valence-electron chi connectivity index (χ1n) is 8.89. The van der Waals surface area contributed by atoms with Crippen molar-refractivity contribution < 1.29 is 13.2 Å². The van der Waals surface area contributed by atoms with E-state index in [2.05, 4.69) is 12.2 Å². The largest absolute Gasteiger partial charge is 0.322 e. The SMILES string of the molecule is CCCCc1ccc(NC(=O)c2ccc3c(c2)CCN3S(C)(=O)=O)cc1. The standard InChI is InChI=1S/C20H24N2O3S/c1-3-4-5-15-6-9-18(10-7-15)21-20(23)17-8-11-19-16(14-17)12-13-22(19)26(2,24)25/h6-11,14H,3-5,12-13H2,1-2H3,(H,21,23). The normalized spacial score (nSPS) is 13.5. The maximum Gasteiger partial charge on any atom is 0.255 e. The maximum atomic E-state index is 12.5. The number of sulfonamides is 1. The maximum absolute atomic E-state index is 12.5. The Morgan fingerprint density at radius 3 is 2.54 bits per heavy atom. The minimum atomic E-state index is -3.28. The van der Waals surface area contributed by atoms with E-state index in [1.165, 1.54) is 16.1 Å². The van der Waals surface area contributed by atoms with Gasteiger partial charge in [0, 0.05) is 17.8 Å². The molecule has 2 aromatic rings. The van der Waals surface area contributed by atoms with Gasteiger partial charge >= 0.3 is 0 Å². The van der Waals surface area contributed by atoms with Crippen LogP contribution in [0.1, 0.15) is 41.3 Å². The topological polar surface area (TPSA) is 66.5 Å². The van der Waals surface area contributed by atoms with E-state index in [0.29, 0.717) is 24.2 Å². The molecule has 1 amide bonds. The van der Waals surface area contributed by atoms with E-state index in [1.807, 2.05) is 24.3 Å². The highest BCUT2D eigenvalue weighted by Crippen LogP contribution is 2.30. The molecule has 0 aliphatic carbocycles. The lowest BCUT2D eigenvalue weighted by Gasteiger charge is -2.16. The van der Waals surface area contributed by atoms with Gasteiger partial charge in [-0.05, 0) is 60.7 Å². The van der Waals surface area contributed by atoms with Crippen molar-refractivity contribution in [3.63, 3.8) is 0 Å². The van der Waals surface area contributed by atoms with Crippen LogP contribution in [0.4, 0.5) is 11.4 Å². The van der Waals surface area contributed by atoms with Gasteiger partial charge in [-0.1, -0.05) is 25.5 Å². The van der Waals surface area contributed by atoms with Gasteiger partial charge in [0.2, 0.25) is 10.0 Å². The first kappa shape index (κ1) is 18.5. The fourth-order valence-corrected chi connectivity index (χ4v) is 4.15. The number of fused-ring (bicyclic) bond motifs is 1. The summed E-state index contributed by atoms with van der Waals surface area (Å²) in [7, 11) is -3.28. The van der Waals surface area contributed by atoms with Gasteiger partial charge in [0.1, 0.15) is 0 Å². The fraction of sp³-hybridized carbons (Fsp3) is 0.350. The van der Waals surface area contributed by atoms with Crippen molar-refractivity contribution in [3.05, 3.63) is 59.2 Å². The summed E-state index contributed by atoms with van der Waals surface area (Å²) in [6, 6.07) is 13.1. The summed E-state index contributed by atoms with van der Waals surface area (Å²) < 4.78 is 25.0. The number of aryl methyl sites for hydroxylation is 1. The number of hydrogen-bond acceptors (Lipinski definition) is 3. The third kappa shape index (κ3) is 4.07. The van der Waals surface area contributed by atoms with Crippen molar-refractivity contribution in [3.8, 4) is 0 Å². The summed E-state index contributed by atoms with van der Waals surface area (Å²) >= 11 is 0. The Morgan fingerprint density at radius 1 is 1.15 bits per heavy atom. The van der Waals surface area contributed by atoms with Gasteiger partial charge < -0.3 is 5.32 Å². The molecule has 0 saturated carbocycles. The van der Waals surface area contributed by atoms with Crippen molar-refractivity contribution in [2.45, 2.75) is 32.6 Å². The van der Waals surface area contributed by atoms with Crippen LogP contribution in [0.3, 0.4) is 0 Å². The number of anilines is 2. The van der Waals surface area contributed by atoms with Gasteiger partial charge in [0.15, 0.2) is 0 Å². The van der Waals surface area contributed by atoms with E-state index >= 15 is 0 Å². The molecule has 138 valence electrons. The van der Waals surface area contributed by atoms with E-state index in [4.69, 9.17) is 0 Å². The molecule has 1 aliphatic heterocycles. The van der Waals surface area contributed by atoms with Gasteiger partial charge in [0.25, 0.3) is 5.91 Å². The molecule has 1 heterocycles. The number of benzene rings is 2. The van der Waals surface area contributed by atoms with Crippen LogP contribution in [0, 0.1) is 0 Å². The average molecular weight is 372 g/mol. The summed E-state index contributed by atoms with van der Waals surface area (Å²) in [5.41, 5.74) is 4.12. The van der Waals surface area contributed by atoms with E-state index in [0.717, 1.165) is 30.5 Å². The molecular formula is C20H24N2O3S. The molecule has 26 heavy (non-hydrogen) atoms. The van der Waals surface area contributed by atoms with Gasteiger partial charge in [-0.15, -0.1) is 0 Å². The second kappa shape index (κ2) is 7.50. The molecule has 0 aromatic heterocycles. The zero-order valence-corrected chi connectivity index (χ0v) is 16.0. The lowest BCUT2D eigenvalue weighted by molar-refractivity contribution is 0.102. The average Bonchev–Trinajstić information content (AvgIpc) is 3.04. The molecule has 2 aromatic carbocycles. The summed E-state index contributed by atoms with van der Waals surface area (Å²) in [4.78, 5) is 12.5. The van der Waals surface area contributed by atoms with Crippen LogP contribution in [-0.2, 0) is 22.9 Å². The molecule has 0 unspecified atom stereocenters. The summed E-state index contributed by atoms with van der Waals surface area (Å²) in [6.07, 6.45) is 5.19. The van der Waals surface area contributed by atoms with Crippen molar-refractivity contribution in [2.75, 3.05) is 22.4 Å². The van der Waals surface area contributed by atoms with Crippen molar-refractivity contribution in [1.82, 2.24) is 0 Å². The Hall–Kier alpha value is -2.34. The number of amides is 1. The molecule has 5 nitrogen and oxygen atoms in total. The molecule has 3 rings (SSSR count). The van der Waals surface area contributed by atoms with Gasteiger partial charge in [-0.3, -0.25) is 9.10 Å².